The largest absolute Gasteiger partial charge is 0.496 e. The summed E-state index contributed by atoms with van der Waals surface area (Å²) in [7, 11) is 1.56. The standard InChI is InChI=1S/C21H26N4O4/c1-29-19-8-7-16(25(27)28)11-15(19)12-24-10-9-17-18(13-24)22-20(23-21(17)26)14-5-3-2-4-6-14/h7-8,11,14H,2-6,9-10,12-13H2,1H3,(H,22,23,26). The van der Waals surface area contributed by atoms with Crippen LogP contribution in [-0.2, 0) is 19.5 Å². The molecule has 2 aliphatic rings. The van der Waals surface area contributed by atoms with Crippen molar-refractivity contribution in [3.05, 3.63) is 61.3 Å². The highest BCUT2D eigenvalue weighted by Crippen LogP contribution is 2.31. The van der Waals surface area contributed by atoms with Gasteiger partial charge in [-0.3, -0.25) is 19.8 Å². The lowest BCUT2D eigenvalue weighted by molar-refractivity contribution is -0.385. The fourth-order valence-corrected chi connectivity index (χ4v) is 4.46. The van der Waals surface area contributed by atoms with E-state index in [2.05, 4.69) is 9.88 Å². The molecule has 2 heterocycles. The quantitative estimate of drug-likeness (QED) is 0.613. The summed E-state index contributed by atoms with van der Waals surface area (Å²) in [6.07, 6.45) is 6.41. The van der Waals surface area contributed by atoms with Crippen LogP contribution in [0.2, 0.25) is 0 Å². The Bertz CT molecular complexity index is 966. The SMILES string of the molecule is COc1ccc([N+](=O)[O-])cc1CN1CCc2c(nc(C3CCCCC3)[nH]c2=O)C1. The van der Waals surface area contributed by atoms with E-state index >= 15 is 0 Å². The molecule has 1 aliphatic carbocycles. The van der Waals surface area contributed by atoms with Crippen molar-refractivity contribution in [3.8, 4) is 5.75 Å². The van der Waals surface area contributed by atoms with Gasteiger partial charge in [0.15, 0.2) is 0 Å². The molecule has 154 valence electrons. The molecule has 1 aromatic carbocycles. The number of H-pyrrole nitrogens is 1. The third-order valence-electron chi connectivity index (χ3n) is 6.03. The van der Waals surface area contributed by atoms with Crippen LogP contribution in [0, 0.1) is 10.1 Å². The van der Waals surface area contributed by atoms with Crippen LogP contribution in [0.15, 0.2) is 23.0 Å². The van der Waals surface area contributed by atoms with Gasteiger partial charge in [0.2, 0.25) is 0 Å². The summed E-state index contributed by atoms with van der Waals surface area (Å²) < 4.78 is 5.39. The van der Waals surface area contributed by atoms with Crippen LogP contribution in [0.4, 0.5) is 5.69 Å². The third-order valence-corrected chi connectivity index (χ3v) is 6.03. The van der Waals surface area contributed by atoms with Gasteiger partial charge in [0.05, 0.1) is 17.7 Å². The molecule has 1 fully saturated rings. The summed E-state index contributed by atoms with van der Waals surface area (Å²) in [4.78, 5) is 33.4. The minimum absolute atomic E-state index is 0.0110. The molecule has 1 aliphatic heterocycles. The number of ether oxygens (including phenoxy) is 1. The molecule has 0 bridgehead atoms. The highest BCUT2D eigenvalue weighted by molar-refractivity contribution is 5.44. The van der Waals surface area contributed by atoms with Gasteiger partial charge >= 0.3 is 0 Å². The van der Waals surface area contributed by atoms with Crippen LogP contribution < -0.4 is 10.3 Å². The predicted octanol–water partition coefficient (Wildman–Crippen LogP) is 3.29. The molecule has 2 aromatic rings. The molecule has 1 saturated carbocycles. The van der Waals surface area contributed by atoms with Crippen LogP contribution >= 0.6 is 0 Å². The van der Waals surface area contributed by atoms with Crippen LogP contribution in [0.1, 0.15) is 60.7 Å². The highest BCUT2D eigenvalue weighted by Gasteiger charge is 2.25. The fourth-order valence-electron chi connectivity index (χ4n) is 4.46. The summed E-state index contributed by atoms with van der Waals surface area (Å²) in [5, 5.41) is 11.1. The molecule has 29 heavy (non-hydrogen) atoms. The van der Waals surface area contributed by atoms with E-state index in [9.17, 15) is 14.9 Å². The zero-order valence-electron chi connectivity index (χ0n) is 16.6. The molecule has 1 aromatic heterocycles. The smallest absolute Gasteiger partial charge is 0.270 e. The number of benzene rings is 1. The van der Waals surface area contributed by atoms with E-state index in [1.165, 1.54) is 25.3 Å². The Hall–Kier alpha value is -2.74. The Balaban J connectivity index is 1.57. The molecule has 8 heteroatoms. The number of aromatic amines is 1. The summed E-state index contributed by atoms with van der Waals surface area (Å²) in [6, 6.07) is 4.65. The first kappa shape index (κ1) is 19.6. The number of hydrogen-bond acceptors (Lipinski definition) is 6. The molecular weight excluding hydrogens is 372 g/mol. The summed E-state index contributed by atoms with van der Waals surface area (Å²) >= 11 is 0. The number of nitro groups is 1. The normalized spacial score (nSPS) is 17.7. The van der Waals surface area contributed by atoms with Gasteiger partial charge in [-0.1, -0.05) is 19.3 Å². The van der Waals surface area contributed by atoms with E-state index in [-0.39, 0.29) is 11.2 Å². The topological polar surface area (TPSA) is 101 Å². The minimum Gasteiger partial charge on any atom is -0.496 e. The second-order valence-corrected chi connectivity index (χ2v) is 7.93. The number of aromatic nitrogens is 2. The van der Waals surface area contributed by atoms with Crippen molar-refractivity contribution in [2.24, 2.45) is 0 Å². The summed E-state index contributed by atoms with van der Waals surface area (Å²) in [6.45, 7) is 1.77. The first-order chi connectivity index (χ1) is 14.0. The van der Waals surface area contributed by atoms with Crippen LogP contribution in [0.25, 0.3) is 0 Å². The fraction of sp³-hybridized carbons (Fsp3) is 0.524. The average Bonchev–Trinajstić information content (AvgIpc) is 2.74. The van der Waals surface area contributed by atoms with Gasteiger partial charge in [0.25, 0.3) is 11.2 Å². The molecule has 8 nitrogen and oxygen atoms in total. The number of nitro benzene ring substituents is 1. The van der Waals surface area contributed by atoms with Gasteiger partial charge in [-0.05, 0) is 25.3 Å². The Morgan fingerprint density at radius 1 is 1.31 bits per heavy atom. The number of fused-ring (bicyclic) bond motifs is 1. The summed E-state index contributed by atoms with van der Waals surface area (Å²) in [5.74, 6) is 1.79. The number of nitrogens with one attached hydrogen (secondary N) is 1. The maximum atomic E-state index is 12.6. The van der Waals surface area contributed by atoms with Gasteiger partial charge in [-0.2, -0.15) is 0 Å². The van der Waals surface area contributed by atoms with Gasteiger partial charge < -0.3 is 9.72 Å². The number of non-ortho nitro benzene ring substituents is 1. The Labute approximate surface area is 169 Å². The number of nitrogens with zero attached hydrogens (tertiary/aromatic N) is 3. The molecule has 0 radical (unpaired) electrons. The van der Waals surface area contributed by atoms with Crippen molar-refractivity contribution < 1.29 is 9.66 Å². The van der Waals surface area contributed by atoms with E-state index < -0.39 is 4.92 Å². The lowest BCUT2D eigenvalue weighted by atomic mass is 9.88. The molecule has 4 rings (SSSR count). The van der Waals surface area contributed by atoms with Gasteiger partial charge in [-0.15, -0.1) is 0 Å². The van der Waals surface area contributed by atoms with Gasteiger partial charge in [-0.25, -0.2) is 4.98 Å². The van der Waals surface area contributed by atoms with Crippen molar-refractivity contribution in [2.45, 2.75) is 57.5 Å². The lowest BCUT2D eigenvalue weighted by Crippen LogP contribution is -2.35. The molecule has 0 spiro atoms. The molecular formula is C21H26N4O4. The van der Waals surface area contributed by atoms with E-state index in [1.807, 2.05) is 0 Å². The average molecular weight is 398 g/mol. The van der Waals surface area contributed by atoms with E-state index in [1.54, 1.807) is 19.2 Å². The van der Waals surface area contributed by atoms with Crippen molar-refractivity contribution in [2.75, 3.05) is 13.7 Å². The molecule has 0 saturated heterocycles. The van der Waals surface area contributed by atoms with Crippen molar-refractivity contribution in [1.29, 1.82) is 0 Å². The Morgan fingerprint density at radius 2 is 2.10 bits per heavy atom. The monoisotopic (exact) mass is 398 g/mol. The van der Waals surface area contributed by atoms with Crippen LogP contribution in [0.5, 0.6) is 5.75 Å². The number of rotatable bonds is 5. The molecule has 0 amide bonds. The maximum absolute atomic E-state index is 12.6. The first-order valence-corrected chi connectivity index (χ1v) is 10.2. The van der Waals surface area contributed by atoms with Crippen molar-refractivity contribution >= 4 is 5.69 Å². The predicted molar refractivity (Wildman–Crippen MR) is 108 cm³/mol. The lowest BCUT2D eigenvalue weighted by Gasteiger charge is -2.29. The Morgan fingerprint density at radius 3 is 2.83 bits per heavy atom. The Kier molecular flexibility index (Phi) is 5.62. The molecule has 0 unspecified atom stereocenters. The van der Waals surface area contributed by atoms with Crippen molar-refractivity contribution in [3.63, 3.8) is 0 Å². The molecule has 1 N–H and O–H groups in total. The first-order valence-electron chi connectivity index (χ1n) is 10.2. The highest BCUT2D eigenvalue weighted by atomic mass is 16.6. The molecule has 0 atom stereocenters. The number of hydrogen-bond donors (Lipinski definition) is 1. The second-order valence-electron chi connectivity index (χ2n) is 7.93. The maximum Gasteiger partial charge on any atom is 0.270 e. The van der Waals surface area contributed by atoms with E-state index in [0.717, 1.165) is 35.5 Å². The zero-order valence-corrected chi connectivity index (χ0v) is 16.6. The summed E-state index contributed by atoms with van der Waals surface area (Å²) in [5.41, 5.74) is 2.41. The van der Waals surface area contributed by atoms with Gasteiger partial charge in [0, 0.05) is 48.8 Å². The van der Waals surface area contributed by atoms with Crippen LogP contribution in [0.3, 0.4) is 0 Å². The van der Waals surface area contributed by atoms with E-state index in [0.29, 0.717) is 37.7 Å². The third kappa shape index (κ3) is 4.17. The number of methoxy groups -OCH3 is 1. The van der Waals surface area contributed by atoms with E-state index in [4.69, 9.17) is 9.72 Å². The van der Waals surface area contributed by atoms with Crippen LogP contribution in [-0.4, -0.2) is 33.4 Å². The van der Waals surface area contributed by atoms with Crippen molar-refractivity contribution in [1.82, 2.24) is 14.9 Å². The minimum atomic E-state index is -0.397. The second kappa shape index (κ2) is 8.32. The zero-order chi connectivity index (χ0) is 20.4. The van der Waals surface area contributed by atoms with Gasteiger partial charge in [0.1, 0.15) is 11.6 Å².